The van der Waals surface area contributed by atoms with Crippen molar-refractivity contribution in [2.45, 2.75) is 45.1 Å². The summed E-state index contributed by atoms with van der Waals surface area (Å²) in [7, 11) is 1.38. The van der Waals surface area contributed by atoms with Crippen LogP contribution in [-0.4, -0.2) is 19.1 Å². The molecule has 0 aliphatic heterocycles. The van der Waals surface area contributed by atoms with E-state index in [2.05, 4.69) is 49.8 Å². The van der Waals surface area contributed by atoms with Gasteiger partial charge in [-0.25, -0.2) is 0 Å². The number of ether oxygens (including phenoxy) is 1. The lowest BCUT2D eigenvalue weighted by Crippen LogP contribution is -2.26. The Morgan fingerprint density at radius 2 is 1.83 bits per heavy atom. The first kappa shape index (κ1) is 14.7. The monoisotopic (exact) mass is 249 g/mol. The standard InChI is InChI=1S/C15H23NO2/c1-15(2,3)12-7-5-11(6-8-12)9-13(16)10-14(17)18-4/h5-8,13H,9-10,16H2,1-4H3. The number of nitrogens with two attached hydrogens (primary N) is 1. The van der Waals surface area contributed by atoms with Crippen LogP contribution in [0.4, 0.5) is 0 Å². The van der Waals surface area contributed by atoms with Crippen LogP contribution in [-0.2, 0) is 21.4 Å². The second-order valence-corrected chi connectivity index (χ2v) is 5.69. The van der Waals surface area contributed by atoms with Gasteiger partial charge in [0.15, 0.2) is 0 Å². The molecule has 100 valence electrons. The van der Waals surface area contributed by atoms with Gasteiger partial charge in [-0.15, -0.1) is 0 Å². The molecule has 18 heavy (non-hydrogen) atoms. The Balaban J connectivity index is 2.61. The summed E-state index contributed by atoms with van der Waals surface area (Å²) >= 11 is 0. The molecule has 1 atom stereocenters. The van der Waals surface area contributed by atoms with Crippen LogP contribution in [0.3, 0.4) is 0 Å². The summed E-state index contributed by atoms with van der Waals surface area (Å²) in [4.78, 5) is 11.1. The largest absolute Gasteiger partial charge is 0.469 e. The summed E-state index contributed by atoms with van der Waals surface area (Å²) in [6.07, 6.45) is 0.955. The third kappa shape index (κ3) is 4.49. The average Bonchev–Trinajstić information content (AvgIpc) is 2.28. The van der Waals surface area contributed by atoms with Crippen LogP contribution < -0.4 is 5.73 Å². The van der Waals surface area contributed by atoms with Gasteiger partial charge in [0, 0.05) is 6.04 Å². The van der Waals surface area contributed by atoms with Crippen LogP contribution in [0, 0.1) is 0 Å². The summed E-state index contributed by atoms with van der Waals surface area (Å²) in [5.74, 6) is -0.256. The van der Waals surface area contributed by atoms with Crippen molar-refractivity contribution in [1.82, 2.24) is 0 Å². The first-order chi connectivity index (χ1) is 8.32. The minimum Gasteiger partial charge on any atom is -0.469 e. The van der Waals surface area contributed by atoms with Crippen LogP contribution in [0.2, 0.25) is 0 Å². The Morgan fingerprint density at radius 3 is 2.28 bits per heavy atom. The highest BCUT2D eigenvalue weighted by Gasteiger charge is 2.14. The number of hydrogen-bond acceptors (Lipinski definition) is 3. The van der Waals surface area contributed by atoms with E-state index in [9.17, 15) is 4.79 Å². The van der Waals surface area contributed by atoms with Crippen LogP contribution in [0.5, 0.6) is 0 Å². The van der Waals surface area contributed by atoms with Crippen molar-refractivity contribution >= 4 is 5.97 Å². The lowest BCUT2D eigenvalue weighted by atomic mass is 9.86. The molecule has 0 aliphatic carbocycles. The number of hydrogen-bond donors (Lipinski definition) is 1. The lowest BCUT2D eigenvalue weighted by Gasteiger charge is -2.19. The predicted molar refractivity (Wildman–Crippen MR) is 73.5 cm³/mol. The van der Waals surface area contributed by atoms with Crippen LogP contribution in [0.15, 0.2) is 24.3 Å². The van der Waals surface area contributed by atoms with Gasteiger partial charge in [-0.2, -0.15) is 0 Å². The van der Waals surface area contributed by atoms with Crippen molar-refractivity contribution < 1.29 is 9.53 Å². The minimum absolute atomic E-state index is 0.159. The zero-order chi connectivity index (χ0) is 13.8. The number of rotatable bonds is 4. The topological polar surface area (TPSA) is 52.3 Å². The summed E-state index contributed by atoms with van der Waals surface area (Å²) in [5.41, 5.74) is 8.52. The predicted octanol–water partition coefficient (Wildman–Crippen LogP) is 2.42. The summed E-state index contributed by atoms with van der Waals surface area (Å²) in [6.45, 7) is 6.56. The zero-order valence-electron chi connectivity index (χ0n) is 11.7. The minimum atomic E-state index is -0.256. The van der Waals surface area contributed by atoms with E-state index in [0.29, 0.717) is 6.42 Å². The Bertz CT molecular complexity index is 390. The SMILES string of the molecule is COC(=O)CC(N)Cc1ccc(C(C)(C)C)cc1. The smallest absolute Gasteiger partial charge is 0.307 e. The molecule has 0 bridgehead atoms. The molecule has 0 saturated heterocycles. The first-order valence-corrected chi connectivity index (χ1v) is 6.24. The summed E-state index contributed by atoms with van der Waals surface area (Å²) in [6, 6.07) is 8.23. The van der Waals surface area contributed by atoms with Crippen LogP contribution >= 0.6 is 0 Å². The van der Waals surface area contributed by atoms with E-state index in [4.69, 9.17) is 5.73 Å². The molecule has 0 radical (unpaired) electrons. The molecule has 0 spiro atoms. The Kier molecular flexibility index (Phi) is 4.91. The van der Waals surface area contributed by atoms with Crippen molar-refractivity contribution in [1.29, 1.82) is 0 Å². The summed E-state index contributed by atoms with van der Waals surface area (Å²) in [5, 5.41) is 0. The second-order valence-electron chi connectivity index (χ2n) is 5.69. The van der Waals surface area contributed by atoms with Gasteiger partial charge >= 0.3 is 5.97 Å². The highest BCUT2D eigenvalue weighted by atomic mass is 16.5. The maximum Gasteiger partial charge on any atom is 0.307 e. The fourth-order valence-electron chi connectivity index (χ4n) is 1.81. The number of esters is 1. The summed E-state index contributed by atoms with van der Waals surface area (Å²) < 4.78 is 4.60. The molecule has 0 heterocycles. The average molecular weight is 249 g/mol. The number of carbonyl (C=O) groups excluding carboxylic acids is 1. The van der Waals surface area contributed by atoms with Gasteiger partial charge < -0.3 is 10.5 Å². The van der Waals surface area contributed by atoms with Crippen LogP contribution in [0.1, 0.15) is 38.3 Å². The van der Waals surface area contributed by atoms with Gasteiger partial charge in [-0.05, 0) is 23.0 Å². The van der Waals surface area contributed by atoms with Gasteiger partial charge in [-0.1, -0.05) is 45.0 Å². The van der Waals surface area contributed by atoms with E-state index in [0.717, 1.165) is 5.56 Å². The molecule has 1 rings (SSSR count). The molecular formula is C15H23NO2. The first-order valence-electron chi connectivity index (χ1n) is 6.24. The van der Waals surface area contributed by atoms with Crippen molar-refractivity contribution in [3.05, 3.63) is 35.4 Å². The second kappa shape index (κ2) is 6.01. The van der Waals surface area contributed by atoms with Crippen molar-refractivity contribution in [3.63, 3.8) is 0 Å². The lowest BCUT2D eigenvalue weighted by molar-refractivity contribution is -0.140. The highest BCUT2D eigenvalue weighted by Crippen LogP contribution is 2.22. The Labute approximate surface area is 109 Å². The third-order valence-corrected chi connectivity index (χ3v) is 2.97. The highest BCUT2D eigenvalue weighted by molar-refractivity contribution is 5.69. The Hall–Kier alpha value is -1.35. The molecule has 1 aromatic carbocycles. The molecule has 0 saturated carbocycles. The van der Waals surface area contributed by atoms with Gasteiger partial charge in [0.1, 0.15) is 0 Å². The normalized spacial score (nSPS) is 13.2. The molecule has 2 N–H and O–H groups in total. The van der Waals surface area contributed by atoms with E-state index < -0.39 is 0 Å². The van der Waals surface area contributed by atoms with Gasteiger partial charge in [0.25, 0.3) is 0 Å². The fourth-order valence-corrected chi connectivity index (χ4v) is 1.81. The van der Waals surface area contributed by atoms with Gasteiger partial charge in [-0.3, -0.25) is 4.79 Å². The molecule has 1 aromatic rings. The molecule has 0 aliphatic rings. The molecule has 0 fully saturated rings. The third-order valence-electron chi connectivity index (χ3n) is 2.97. The molecule has 3 heteroatoms. The fraction of sp³-hybridized carbons (Fsp3) is 0.533. The molecule has 3 nitrogen and oxygen atoms in total. The van der Waals surface area contributed by atoms with E-state index in [1.54, 1.807) is 0 Å². The number of methoxy groups -OCH3 is 1. The van der Waals surface area contributed by atoms with Crippen molar-refractivity contribution in [2.75, 3.05) is 7.11 Å². The van der Waals surface area contributed by atoms with Crippen LogP contribution in [0.25, 0.3) is 0 Å². The number of carbonyl (C=O) groups is 1. The van der Waals surface area contributed by atoms with E-state index in [-0.39, 0.29) is 23.8 Å². The zero-order valence-corrected chi connectivity index (χ0v) is 11.7. The molecule has 0 aromatic heterocycles. The quantitative estimate of drug-likeness (QED) is 0.834. The number of benzene rings is 1. The molecular weight excluding hydrogens is 226 g/mol. The van der Waals surface area contributed by atoms with E-state index in [1.807, 2.05) is 0 Å². The molecule has 1 unspecified atom stereocenters. The van der Waals surface area contributed by atoms with Gasteiger partial charge in [0.05, 0.1) is 13.5 Å². The van der Waals surface area contributed by atoms with E-state index in [1.165, 1.54) is 12.7 Å². The maximum absolute atomic E-state index is 11.1. The molecule has 0 amide bonds. The van der Waals surface area contributed by atoms with E-state index >= 15 is 0 Å². The van der Waals surface area contributed by atoms with Crippen molar-refractivity contribution in [3.8, 4) is 0 Å². The maximum atomic E-state index is 11.1. The Morgan fingerprint density at radius 1 is 1.28 bits per heavy atom. The van der Waals surface area contributed by atoms with Gasteiger partial charge in [0.2, 0.25) is 0 Å². The van der Waals surface area contributed by atoms with Crippen molar-refractivity contribution in [2.24, 2.45) is 5.73 Å².